The molecule has 0 heterocycles. The van der Waals surface area contributed by atoms with Crippen molar-refractivity contribution in [3.05, 3.63) is 69.4 Å². The summed E-state index contributed by atoms with van der Waals surface area (Å²) in [5.74, 6) is 0. The van der Waals surface area contributed by atoms with Crippen molar-refractivity contribution in [1.82, 2.24) is 0 Å². The molecule has 0 saturated heterocycles. The number of azo groups is 1. The molecule has 6 heteroatoms. The minimum absolute atomic E-state index is 0.0625. The molecular weight excluding hydrogens is 246 g/mol. The van der Waals surface area contributed by atoms with Crippen LogP contribution in [0.5, 0.6) is 0 Å². The monoisotopic (exact) mass is 257 g/mol. The van der Waals surface area contributed by atoms with Crippen LogP contribution in [0.3, 0.4) is 0 Å². The number of benzene rings is 2. The van der Waals surface area contributed by atoms with Gasteiger partial charge in [0.25, 0.3) is 5.69 Å². The molecule has 19 heavy (non-hydrogen) atoms. The summed E-state index contributed by atoms with van der Waals surface area (Å²) in [7, 11) is 0. The number of hydrogen-bond donors (Lipinski definition) is 0. The predicted molar refractivity (Wildman–Crippen MR) is 69.7 cm³/mol. The third-order valence-corrected chi connectivity index (χ3v) is 2.52. The normalized spacial score (nSPS) is 11.3. The molecule has 6 nitrogen and oxygen atoms in total. The van der Waals surface area contributed by atoms with Gasteiger partial charge in [-0.05, 0) is 19.1 Å². The Balaban J connectivity index is 2.25. The number of non-ortho nitro benzene ring substituents is 1. The quantitative estimate of drug-likeness (QED) is 0.362. The molecule has 0 bridgehead atoms. The summed E-state index contributed by atoms with van der Waals surface area (Å²) >= 11 is 0. The highest BCUT2D eigenvalue weighted by molar-refractivity contribution is 5.41. The highest BCUT2D eigenvalue weighted by Gasteiger charge is 2.09. The molecule has 96 valence electrons. The van der Waals surface area contributed by atoms with E-state index < -0.39 is 4.92 Å². The first kappa shape index (κ1) is 12.7. The van der Waals surface area contributed by atoms with Gasteiger partial charge in [0.1, 0.15) is 5.69 Å². The summed E-state index contributed by atoms with van der Waals surface area (Å²) in [4.78, 5) is 10.4. The lowest BCUT2D eigenvalue weighted by Gasteiger charge is -1.99. The van der Waals surface area contributed by atoms with Gasteiger partial charge >= 0.3 is 0 Å². The van der Waals surface area contributed by atoms with Gasteiger partial charge in [0.05, 0.1) is 4.92 Å². The van der Waals surface area contributed by atoms with Gasteiger partial charge in [0, 0.05) is 29.4 Å². The molecule has 0 aromatic heterocycles. The van der Waals surface area contributed by atoms with Gasteiger partial charge in [0.2, 0.25) is 5.69 Å². The zero-order valence-corrected chi connectivity index (χ0v) is 10.2. The van der Waals surface area contributed by atoms with E-state index in [1.807, 2.05) is 19.1 Å². The Morgan fingerprint density at radius 2 is 1.42 bits per heavy atom. The molecule has 0 spiro atoms. The fourth-order valence-electron chi connectivity index (χ4n) is 1.48. The summed E-state index contributed by atoms with van der Waals surface area (Å²) in [5.41, 5.74) is 1.78. The van der Waals surface area contributed by atoms with E-state index in [1.54, 1.807) is 12.1 Å². The van der Waals surface area contributed by atoms with Crippen LogP contribution in [-0.2, 0) is 0 Å². The largest absolute Gasteiger partial charge is 0.594 e. The SMILES string of the molecule is Cc1ccc(N=[N+]([O-])c2ccc([N+](=O)[O-])cc2)cc1. The number of nitrogens with zero attached hydrogens (tertiary/aromatic N) is 3. The first-order valence-corrected chi connectivity index (χ1v) is 5.56. The van der Waals surface area contributed by atoms with E-state index >= 15 is 0 Å². The van der Waals surface area contributed by atoms with Crippen molar-refractivity contribution in [2.45, 2.75) is 6.92 Å². The second-order valence-electron chi connectivity index (χ2n) is 3.98. The molecule has 0 aliphatic carbocycles. The number of rotatable bonds is 3. The first-order chi connectivity index (χ1) is 9.06. The van der Waals surface area contributed by atoms with Gasteiger partial charge in [0.15, 0.2) is 0 Å². The minimum atomic E-state index is -0.518. The summed E-state index contributed by atoms with van der Waals surface area (Å²) in [5, 5.41) is 26.1. The van der Waals surface area contributed by atoms with E-state index in [9.17, 15) is 15.3 Å². The average molecular weight is 257 g/mol. The topological polar surface area (TPSA) is 81.6 Å². The van der Waals surface area contributed by atoms with Crippen molar-refractivity contribution in [2.24, 2.45) is 5.11 Å². The molecule has 0 aliphatic rings. The predicted octanol–water partition coefficient (Wildman–Crippen LogP) is 3.83. The second-order valence-corrected chi connectivity index (χ2v) is 3.98. The van der Waals surface area contributed by atoms with Crippen molar-refractivity contribution in [2.75, 3.05) is 0 Å². The maximum absolute atomic E-state index is 11.8. The Morgan fingerprint density at radius 3 is 1.95 bits per heavy atom. The Kier molecular flexibility index (Phi) is 3.51. The summed E-state index contributed by atoms with van der Waals surface area (Å²) in [6.07, 6.45) is 0. The van der Waals surface area contributed by atoms with Crippen LogP contribution in [0.15, 0.2) is 53.6 Å². The van der Waals surface area contributed by atoms with Crippen molar-refractivity contribution < 1.29 is 9.78 Å². The first-order valence-electron chi connectivity index (χ1n) is 5.56. The number of hydrogen-bond acceptors (Lipinski definition) is 4. The van der Waals surface area contributed by atoms with Gasteiger partial charge in [-0.1, -0.05) is 22.6 Å². The summed E-state index contributed by atoms with van der Waals surface area (Å²) in [6.45, 7) is 1.94. The van der Waals surface area contributed by atoms with Gasteiger partial charge in [-0.3, -0.25) is 10.1 Å². The molecule has 0 N–H and O–H groups in total. The number of nitro benzene ring substituents is 1. The van der Waals surface area contributed by atoms with E-state index in [0.29, 0.717) is 10.5 Å². The fourth-order valence-corrected chi connectivity index (χ4v) is 1.48. The third kappa shape index (κ3) is 3.12. The zero-order chi connectivity index (χ0) is 13.8. The smallest absolute Gasteiger partial charge is 0.269 e. The lowest BCUT2D eigenvalue weighted by atomic mass is 10.2. The zero-order valence-electron chi connectivity index (χ0n) is 10.2. The lowest BCUT2D eigenvalue weighted by Crippen LogP contribution is -1.92. The Morgan fingerprint density at radius 1 is 0.895 bits per heavy atom. The molecular formula is C13H11N3O3. The molecule has 0 radical (unpaired) electrons. The van der Waals surface area contributed by atoms with Gasteiger partial charge in [-0.25, -0.2) is 0 Å². The van der Waals surface area contributed by atoms with Crippen LogP contribution >= 0.6 is 0 Å². The molecule has 0 atom stereocenters. The molecule has 0 unspecified atom stereocenters. The third-order valence-electron chi connectivity index (χ3n) is 2.52. The molecule has 0 aliphatic heterocycles. The van der Waals surface area contributed by atoms with Crippen LogP contribution in [0.4, 0.5) is 17.1 Å². The van der Waals surface area contributed by atoms with Gasteiger partial charge in [-0.2, -0.15) is 0 Å². The summed E-state index contributed by atoms with van der Waals surface area (Å²) in [6, 6.07) is 12.4. The maximum atomic E-state index is 11.8. The van der Waals surface area contributed by atoms with Crippen LogP contribution in [0.2, 0.25) is 0 Å². The molecule has 2 rings (SSSR count). The highest BCUT2D eigenvalue weighted by Crippen LogP contribution is 2.20. The van der Waals surface area contributed by atoms with Crippen molar-refractivity contribution in [1.29, 1.82) is 0 Å². The molecule has 0 amide bonds. The van der Waals surface area contributed by atoms with E-state index in [0.717, 1.165) is 5.56 Å². The van der Waals surface area contributed by atoms with Crippen LogP contribution < -0.4 is 0 Å². The maximum Gasteiger partial charge on any atom is 0.269 e. The highest BCUT2D eigenvalue weighted by atomic mass is 16.6. The summed E-state index contributed by atoms with van der Waals surface area (Å²) < 4.78 is 0. The van der Waals surface area contributed by atoms with E-state index in [4.69, 9.17) is 0 Å². The Labute approximate surface area is 109 Å². The second kappa shape index (κ2) is 5.26. The molecule has 2 aromatic carbocycles. The van der Waals surface area contributed by atoms with Gasteiger partial charge in [-0.15, -0.1) is 0 Å². The molecule has 0 fully saturated rings. The molecule has 0 saturated carbocycles. The lowest BCUT2D eigenvalue weighted by molar-refractivity contribution is -0.435. The van der Waals surface area contributed by atoms with Crippen LogP contribution in [0.1, 0.15) is 5.56 Å². The minimum Gasteiger partial charge on any atom is -0.594 e. The van der Waals surface area contributed by atoms with Crippen molar-refractivity contribution in [3.8, 4) is 0 Å². The van der Waals surface area contributed by atoms with Crippen molar-refractivity contribution in [3.63, 3.8) is 0 Å². The molecule has 2 aromatic rings. The van der Waals surface area contributed by atoms with Crippen LogP contribution in [0, 0.1) is 22.2 Å². The Bertz CT molecular complexity index is 619. The Hall–Kier alpha value is -2.76. The van der Waals surface area contributed by atoms with E-state index in [-0.39, 0.29) is 11.4 Å². The van der Waals surface area contributed by atoms with Crippen LogP contribution in [0.25, 0.3) is 0 Å². The number of aryl methyl sites for hydroxylation is 1. The van der Waals surface area contributed by atoms with Gasteiger partial charge < -0.3 is 5.21 Å². The number of nitro groups is 1. The standard InChI is InChI=1S/C13H11N3O3/c1-10-2-4-11(5-3-10)14-15(17)12-6-8-13(9-7-12)16(18)19/h2-9H,1H3. The van der Waals surface area contributed by atoms with E-state index in [2.05, 4.69) is 5.11 Å². The fraction of sp³-hybridized carbons (Fsp3) is 0.0769. The van der Waals surface area contributed by atoms with Crippen LogP contribution in [-0.4, -0.2) is 9.78 Å². The van der Waals surface area contributed by atoms with Crippen molar-refractivity contribution >= 4 is 17.1 Å². The van der Waals surface area contributed by atoms with E-state index in [1.165, 1.54) is 24.3 Å². The average Bonchev–Trinajstić information content (AvgIpc) is 2.41.